The van der Waals surface area contributed by atoms with Crippen LogP contribution in [0.2, 0.25) is 0 Å². The Labute approximate surface area is 221 Å². The molecule has 3 fully saturated rings. The molecule has 0 spiro atoms. The lowest BCUT2D eigenvalue weighted by Gasteiger charge is -2.33. The first-order valence-electron chi connectivity index (χ1n) is 13.9. The zero-order valence-electron chi connectivity index (χ0n) is 23.1. The maximum Gasteiger partial charge on any atom is 0.306 e. The van der Waals surface area contributed by atoms with E-state index in [-0.39, 0.29) is 66.3 Å². The van der Waals surface area contributed by atoms with Gasteiger partial charge in [0, 0.05) is 43.2 Å². The van der Waals surface area contributed by atoms with Crippen LogP contribution in [0, 0.1) is 35.0 Å². The van der Waals surface area contributed by atoms with Gasteiger partial charge in [-0.1, -0.05) is 65.0 Å². The van der Waals surface area contributed by atoms with Crippen LogP contribution in [0.15, 0.2) is 30.3 Å². The molecule has 1 saturated carbocycles. The fraction of sp³-hybridized carbons (Fsp3) is 0.733. The topological polar surface area (TPSA) is 85.3 Å². The minimum Gasteiger partial charge on any atom is -0.462 e. The van der Waals surface area contributed by atoms with Gasteiger partial charge in [-0.2, -0.15) is 0 Å². The van der Waals surface area contributed by atoms with Crippen molar-refractivity contribution in [2.24, 2.45) is 35.0 Å². The molecule has 0 radical (unpaired) electrons. The largest absolute Gasteiger partial charge is 0.462 e. The molecule has 2 heterocycles. The van der Waals surface area contributed by atoms with Crippen LogP contribution < -0.4 is 0 Å². The highest BCUT2D eigenvalue weighted by atomic mass is 16.7. The Balaban J connectivity index is 1.45. The van der Waals surface area contributed by atoms with Gasteiger partial charge in [0.05, 0.1) is 25.7 Å². The van der Waals surface area contributed by atoms with E-state index in [0.29, 0.717) is 38.5 Å². The molecule has 1 amide bonds. The molecule has 0 aromatic heterocycles. The monoisotopic (exact) mass is 515 g/mol. The zero-order valence-corrected chi connectivity index (χ0v) is 23.1. The second kappa shape index (κ2) is 11.8. The molecule has 2 bridgehead atoms. The summed E-state index contributed by atoms with van der Waals surface area (Å²) < 4.78 is 17.6. The van der Waals surface area contributed by atoms with Crippen molar-refractivity contribution in [3.05, 3.63) is 35.9 Å². The lowest BCUT2D eigenvalue weighted by atomic mass is 9.89. The van der Waals surface area contributed by atoms with E-state index < -0.39 is 6.10 Å². The second-order valence-corrected chi connectivity index (χ2v) is 13.0. The van der Waals surface area contributed by atoms with Gasteiger partial charge in [-0.05, 0) is 29.7 Å². The third-order valence-electron chi connectivity index (χ3n) is 7.90. The first-order chi connectivity index (χ1) is 17.5. The quantitative estimate of drug-likeness (QED) is 0.447. The number of carbonyl (C=O) groups excluding carboxylic acids is 2. The molecular formula is C30H45NO6. The fourth-order valence-electron chi connectivity index (χ4n) is 6.18. The molecule has 1 aromatic rings. The Bertz CT molecular complexity index is 912. The number of hydrogen-bond donors (Lipinski definition) is 1. The summed E-state index contributed by atoms with van der Waals surface area (Å²) >= 11 is 0. The highest BCUT2D eigenvalue weighted by molar-refractivity contribution is 5.77. The maximum atomic E-state index is 13.3. The van der Waals surface area contributed by atoms with Crippen LogP contribution in [0.3, 0.4) is 0 Å². The first-order valence-corrected chi connectivity index (χ1v) is 13.9. The highest BCUT2D eigenvalue weighted by Gasteiger charge is 2.56. The highest BCUT2D eigenvalue weighted by Crippen LogP contribution is 2.49. The van der Waals surface area contributed by atoms with Crippen LogP contribution in [0.25, 0.3) is 0 Å². The average molecular weight is 516 g/mol. The van der Waals surface area contributed by atoms with Crippen LogP contribution >= 0.6 is 0 Å². The molecule has 4 rings (SSSR count). The Hall–Kier alpha value is -1.96. The summed E-state index contributed by atoms with van der Waals surface area (Å²) in [5, 5.41) is 11.4. The van der Waals surface area contributed by atoms with Gasteiger partial charge in [-0.25, -0.2) is 0 Å². The van der Waals surface area contributed by atoms with Crippen LogP contribution in [0.1, 0.15) is 59.4 Å². The second-order valence-electron chi connectivity index (χ2n) is 13.0. The van der Waals surface area contributed by atoms with Crippen molar-refractivity contribution in [2.75, 3.05) is 26.3 Å². The summed E-state index contributed by atoms with van der Waals surface area (Å²) in [4.78, 5) is 28.2. The minimum atomic E-state index is -0.847. The van der Waals surface area contributed by atoms with Crippen molar-refractivity contribution >= 4 is 11.9 Å². The van der Waals surface area contributed by atoms with Crippen molar-refractivity contribution in [1.82, 2.24) is 4.90 Å². The number of rotatable bonds is 11. The number of ether oxygens (including phenoxy) is 3. The van der Waals surface area contributed by atoms with Crippen LogP contribution in [0.4, 0.5) is 0 Å². The lowest BCUT2D eigenvalue weighted by Crippen LogP contribution is -2.44. The molecule has 1 aliphatic carbocycles. The molecule has 5 unspecified atom stereocenters. The summed E-state index contributed by atoms with van der Waals surface area (Å²) in [6.07, 6.45) is 0.832. The number of nitrogens with zero attached hydrogens (tertiary/aromatic N) is 1. The predicted octanol–water partition coefficient (Wildman–Crippen LogP) is 4.07. The Morgan fingerprint density at radius 2 is 1.78 bits per heavy atom. The molecule has 7 heteroatoms. The van der Waals surface area contributed by atoms with Gasteiger partial charge in [-0.15, -0.1) is 0 Å². The van der Waals surface area contributed by atoms with E-state index >= 15 is 0 Å². The van der Waals surface area contributed by atoms with E-state index in [9.17, 15) is 14.7 Å². The molecule has 2 aliphatic heterocycles. The average Bonchev–Trinajstić information content (AvgIpc) is 3.34. The first kappa shape index (κ1) is 28.1. The van der Waals surface area contributed by atoms with Crippen molar-refractivity contribution in [1.29, 1.82) is 0 Å². The van der Waals surface area contributed by atoms with E-state index in [2.05, 4.69) is 13.8 Å². The summed E-state index contributed by atoms with van der Waals surface area (Å²) in [5.74, 6) is 0.365. The Morgan fingerprint density at radius 3 is 2.46 bits per heavy atom. The van der Waals surface area contributed by atoms with Crippen molar-refractivity contribution < 1.29 is 28.9 Å². The van der Waals surface area contributed by atoms with Gasteiger partial charge in [0.2, 0.25) is 5.91 Å². The summed E-state index contributed by atoms with van der Waals surface area (Å²) in [6.45, 7) is 12.2. The van der Waals surface area contributed by atoms with Gasteiger partial charge < -0.3 is 24.2 Å². The van der Waals surface area contributed by atoms with Gasteiger partial charge in [0.1, 0.15) is 6.10 Å². The molecule has 3 aliphatic rings. The number of aliphatic hydroxyl groups is 1. The predicted molar refractivity (Wildman–Crippen MR) is 140 cm³/mol. The molecule has 1 N–H and O–H groups in total. The third kappa shape index (κ3) is 7.33. The maximum absolute atomic E-state index is 13.3. The summed E-state index contributed by atoms with van der Waals surface area (Å²) in [6, 6.07) is 9.90. The molecule has 2 saturated heterocycles. The van der Waals surface area contributed by atoms with E-state index in [1.165, 1.54) is 0 Å². The van der Waals surface area contributed by atoms with Crippen molar-refractivity contribution in [2.45, 2.75) is 78.8 Å². The van der Waals surface area contributed by atoms with Gasteiger partial charge in [0.15, 0.2) is 6.29 Å². The van der Waals surface area contributed by atoms with E-state index in [4.69, 9.17) is 14.2 Å². The standard InChI is InChI=1S/C30H45NO6/c1-19(2)15-31(26(33)14-30(3,4)5)16-25(32)21(11-20-9-7-6-8-10-20)13-27(34)37-28-22-12-23-24(28)18-36-29(23)35-17-22/h6-10,19,21-25,28-29,32H,11-18H2,1-5H3/t21-,22?,23?,24?,25-,28?,29?/m1/s1. The normalized spacial score (nSPS) is 28.2. The number of benzene rings is 1. The van der Waals surface area contributed by atoms with Crippen molar-refractivity contribution in [3.8, 4) is 0 Å². The molecule has 7 nitrogen and oxygen atoms in total. The molecule has 206 valence electrons. The number of hydrogen-bond acceptors (Lipinski definition) is 6. The zero-order chi connectivity index (χ0) is 26.7. The van der Waals surface area contributed by atoms with Gasteiger partial charge >= 0.3 is 5.97 Å². The summed E-state index contributed by atoms with van der Waals surface area (Å²) in [5.41, 5.74) is 0.907. The van der Waals surface area contributed by atoms with Crippen LogP contribution in [-0.2, 0) is 30.2 Å². The van der Waals surface area contributed by atoms with E-state index in [1.807, 2.05) is 51.1 Å². The lowest BCUT2D eigenvalue weighted by molar-refractivity contribution is -0.178. The summed E-state index contributed by atoms with van der Waals surface area (Å²) in [7, 11) is 0. The molecule has 7 atom stereocenters. The van der Waals surface area contributed by atoms with Crippen LogP contribution in [0.5, 0.6) is 0 Å². The molecule has 1 aromatic carbocycles. The minimum absolute atomic E-state index is 0.0373. The number of esters is 1. The SMILES string of the molecule is CC(C)CN(C[C@@H](O)[C@@H](CC(=O)OC1C2COC3OCC1C3C2)Cc1ccccc1)C(=O)CC(C)(C)C. The Kier molecular flexibility index (Phi) is 8.97. The van der Waals surface area contributed by atoms with Crippen molar-refractivity contribution in [3.63, 3.8) is 0 Å². The number of aliphatic hydroxyl groups excluding tert-OH is 1. The fourth-order valence-corrected chi connectivity index (χ4v) is 6.18. The number of carbonyl (C=O) groups is 2. The number of amides is 1. The molecule has 37 heavy (non-hydrogen) atoms. The van der Waals surface area contributed by atoms with E-state index in [0.717, 1.165) is 12.0 Å². The van der Waals surface area contributed by atoms with Crippen LogP contribution in [-0.4, -0.2) is 66.7 Å². The third-order valence-corrected chi connectivity index (χ3v) is 7.90. The molecular weight excluding hydrogens is 470 g/mol. The van der Waals surface area contributed by atoms with Gasteiger partial charge in [0.25, 0.3) is 0 Å². The van der Waals surface area contributed by atoms with E-state index in [1.54, 1.807) is 4.90 Å². The van der Waals surface area contributed by atoms with Gasteiger partial charge in [-0.3, -0.25) is 9.59 Å². The number of fused-ring (bicyclic) bond motifs is 1. The Morgan fingerprint density at radius 1 is 1.08 bits per heavy atom. The smallest absolute Gasteiger partial charge is 0.306 e.